The summed E-state index contributed by atoms with van der Waals surface area (Å²) in [7, 11) is 0. The van der Waals surface area contributed by atoms with E-state index in [1.165, 1.54) is 0 Å². The van der Waals surface area contributed by atoms with Gasteiger partial charge >= 0.3 is 0 Å². The maximum Gasteiger partial charge on any atom is 0.152 e. The Morgan fingerprint density at radius 3 is 2.71 bits per heavy atom. The number of para-hydroxylation sites is 1. The van der Waals surface area contributed by atoms with Crippen molar-refractivity contribution in [3.05, 3.63) is 65.3 Å². The fourth-order valence-corrected chi connectivity index (χ4v) is 2.52. The highest BCUT2D eigenvalue weighted by molar-refractivity contribution is 6.31. The minimum absolute atomic E-state index is 0.526. The SMILES string of the molecule is O=Cc1cn(CCOc2ccccc2)c2cc(Cl)ccc12. The van der Waals surface area contributed by atoms with Gasteiger partial charge in [0.2, 0.25) is 0 Å². The average molecular weight is 300 g/mol. The van der Waals surface area contributed by atoms with Gasteiger partial charge in [-0.15, -0.1) is 0 Å². The number of carbonyl (C=O) groups is 1. The molecular formula is C17H14ClNO2. The maximum absolute atomic E-state index is 11.1. The van der Waals surface area contributed by atoms with Crippen molar-refractivity contribution >= 4 is 28.8 Å². The first-order chi connectivity index (χ1) is 10.3. The van der Waals surface area contributed by atoms with E-state index in [4.69, 9.17) is 16.3 Å². The Balaban J connectivity index is 1.80. The van der Waals surface area contributed by atoms with Crippen molar-refractivity contribution in [2.24, 2.45) is 0 Å². The Labute approximate surface area is 127 Å². The summed E-state index contributed by atoms with van der Waals surface area (Å²) in [6.07, 6.45) is 2.70. The highest BCUT2D eigenvalue weighted by atomic mass is 35.5. The summed E-state index contributed by atoms with van der Waals surface area (Å²) < 4.78 is 7.68. The Hall–Kier alpha value is -2.26. The number of benzene rings is 2. The van der Waals surface area contributed by atoms with Crippen LogP contribution in [-0.2, 0) is 6.54 Å². The van der Waals surface area contributed by atoms with E-state index in [9.17, 15) is 4.79 Å². The lowest BCUT2D eigenvalue weighted by Crippen LogP contribution is -2.07. The minimum Gasteiger partial charge on any atom is -0.492 e. The molecule has 0 spiro atoms. The van der Waals surface area contributed by atoms with Gasteiger partial charge in [-0.1, -0.05) is 35.9 Å². The van der Waals surface area contributed by atoms with Crippen LogP contribution >= 0.6 is 11.6 Å². The van der Waals surface area contributed by atoms with Crippen LogP contribution in [0.4, 0.5) is 0 Å². The van der Waals surface area contributed by atoms with Gasteiger partial charge in [0.25, 0.3) is 0 Å². The second-order valence-electron chi connectivity index (χ2n) is 4.72. The Morgan fingerprint density at radius 1 is 1.14 bits per heavy atom. The lowest BCUT2D eigenvalue weighted by atomic mass is 10.2. The summed E-state index contributed by atoms with van der Waals surface area (Å²) in [5, 5.41) is 1.57. The highest BCUT2D eigenvalue weighted by Crippen LogP contribution is 2.24. The molecule has 0 unspecified atom stereocenters. The molecule has 1 heterocycles. The van der Waals surface area contributed by atoms with Crippen molar-refractivity contribution in [1.29, 1.82) is 0 Å². The minimum atomic E-state index is 0.526. The molecule has 0 saturated carbocycles. The standard InChI is InChI=1S/C17H14ClNO2/c18-14-6-7-16-13(12-20)11-19(17(16)10-14)8-9-21-15-4-2-1-3-5-15/h1-7,10-12H,8-9H2. The van der Waals surface area contributed by atoms with Gasteiger partial charge in [-0.25, -0.2) is 0 Å². The van der Waals surface area contributed by atoms with Crippen LogP contribution in [0.3, 0.4) is 0 Å². The van der Waals surface area contributed by atoms with Crippen molar-refractivity contribution in [1.82, 2.24) is 4.57 Å². The van der Waals surface area contributed by atoms with Crippen molar-refractivity contribution in [2.75, 3.05) is 6.61 Å². The predicted molar refractivity (Wildman–Crippen MR) is 84.3 cm³/mol. The first-order valence-electron chi connectivity index (χ1n) is 6.69. The number of ether oxygens (including phenoxy) is 1. The first kappa shape index (κ1) is 13.7. The van der Waals surface area contributed by atoms with Crippen molar-refractivity contribution in [3.63, 3.8) is 0 Å². The number of rotatable bonds is 5. The zero-order valence-electron chi connectivity index (χ0n) is 11.3. The molecule has 21 heavy (non-hydrogen) atoms. The van der Waals surface area contributed by atoms with E-state index < -0.39 is 0 Å². The molecular weight excluding hydrogens is 286 g/mol. The van der Waals surface area contributed by atoms with Crippen molar-refractivity contribution < 1.29 is 9.53 Å². The summed E-state index contributed by atoms with van der Waals surface area (Å²) in [5.41, 5.74) is 1.61. The molecule has 3 nitrogen and oxygen atoms in total. The molecule has 3 aromatic rings. The van der Waals surface area contributed by atoms with Crippen LogP contribution < -0.4 is 4.74 Å². The second kappa shape index (κ2) is 6.02. The lowest BCUT2D eigenvalue weighted by Gasteiger charge is -2.08. The number of halogens is 1. The topological polar surface area (TPSA) is 31.2 Å². The number of aromatic nitrogens is 1. The van der Waals surface area contributed by atoms with Crippen LogP contribution in [0, 0.1) is 0 Å². The monoisotopic (exact) mass is 299 g/mol. The third kappa shape index (κ3) is 2.93. The third-order valence-corrected chi connectivity index (χ3v) is 3.58. The van der Waals surface area contributed by atoms with Crippen molar-refractivity contribution in [2.45, 2.75) is 6.54 Å². The average Bonchev–Trinajstić information content (AvgIpc) is 2.86. The summed E-state index contributed by atoms with van der Waals surface area (Å²) in [5.74, 6) is 0.836. The van der Waals surface area contributed by atoms with Gasteiger partial charge in [0.1, 0.15) is 12.4 Å². The highest BCUT2D eigenvalue weighted by Gasteiger charge is 2.08. The quantitative estimate of drug-likeness (QED) is 0.662. The molecule has 0 atom stereocenters. The Morgan fingerprint density at radius 2 is 1.95 bits per heavy atom. The lowest BCUT2D eigenvalue weighted by molar-refractivity contribution is 0.112. The van der Waals surface area contributed by atoms with Crippen LogP contribution in [0.5, 0.6) is 5.75 Å². The number of fused-ring (bicyclic) bond motifs is 1. The van der Waals surface area contributed by atoms with E-state index in [0.29, 0.717) is 23.7 Å². The van der Waals surface area contributed by atoms with Gasteiger partial charge in [-0.3, -0.25) is 4.79 Å². The number of hydrogen-bond acceptors (Lipinski definition) is 2. The largest absolute Gasteiger partial charge is 0.492 e. The van der Waals surface area contributed by atoms with E-state index in [2.05, 4.69) is 0 Å². The van der Waals surface area contributed by atoms with E-state index in [-0.39, 0.29) is 0 Å². The van der Waals surface area contributed by atoms with Gasteiger partial charge in [0.05, 0.1) is 12.1 Å². The molecule has 3 rings (SSSR count). The van der Waals surface area contributed by atoms with Crippen LogP contribution in [0.15, 0.2) is 54.7 Å². The molecule has 0 aliphatic rings. The van der Waals surface area contributed by atoms with Crippen molar-refractivity contribution in [3.8, 4) is 5.75 Å². The first-order valence-corrected chi connectivity index (χ1v) is 7.07. The molecule has 0 fully saturated rings. The summed E-state index contributed by atoms with van der Waals surface area (Å²) in [6.45, 7) is 1.18. The van der Waals surface area contributed by atoms with E-state index in [1.807, 2.05) is 53.2 Å². The molecule has 0 aliphatic carbocycles. The van der Waals surface area contributed by atoms with E-state index in [0.717, 1.165) is 22.9 Å². The number of aldehydes is 1. The molecule has 1 aromatic heterocycles. The second-order valence-corrected chi connectivity index (χ2v) is 5.16. The predicted octanol–water partition coefficient (Wildman–Crippen LogP) is 4.19. The molecule has 4 heteroatoms. The molecule has 106 valence electrons. The van der Waals surface area contributed by atoms with Crippen LogP contribution in [-0.4, -0.2) is 17.5 Å². The summed E-state index contributed by atoms with van der Waals surface area (Å²) in [6, 6.07) is 15.2. The van der Waals surface area contributed by atoms with Crippen LogP contribution in [0.25, 0.3) is 10.9 Å². The maximum atomic E-state index is 11.1. The summed E-state index contributed by atoms with van der Waals surface area (Å²) in [4.78, 5) is 11.1. The Kier molecular flexibility index (Phi) is 3.93. The fourth-order valence-electron chi connectivity index (χ4n) is 2.35. The smallest absolute Gasteiger partial charge is 0.152 e. The fraction of sp³-hybridized carbons (Fsp3) is 0.118. The molecule has 0 aliphatic heterocycles. The van der Waals surface area contributed by atoms with E-state index in [1.54, 1.807) is 6.07 Å². The van der Waals surface area contributed by atoms with Crippen LogP contribution in [0.1, 0.15) is 10.4 Å². The molecule has 0 saturated heterocycles. The van der Waals surface area contributed by atoms with Gasteiger partial charge in [-0.05, 0) is 24.3 Å². The molecule has 2 aromatic carbocycles. The zero-order valence-corrected chi connectivity index (χ0v) is 12.1. The summed E-state index contributed by atoms with van der Waals surface area (Å²) >= 11 is 6.04. The van der Waals surface area contributed by atoms with E-state index >= 15 is 0 Å². The molecule has 0 bridgehead atoms. The third-order valence-electron chi connectivity index (χ3n) is 3.35. The molecule has 0 N–H and O–H groups in total. The zero-order chi connectivity index (χ0) is 14.7. The number of carbonyl (C=O) groups excluding carboxylic acids is 1. The van der Waals surface area contributed by atoms with Gasteiger partial charge in [0.15, 0.2) is 6.29 Å². The van der Waals surface area contributed by atoms with Crippen LogP contribution in [0.2, 0.25) is 5.02 Å². The number of nitrogens with zero attached hydrogens (tertiary/aromatic N) is 1. The molecule has 0 amide bonds. The normalized spacial score (nSPS) is 10.7. The van der Waals surface area contributed by atoms with Gasteiger partial charge in [0, 0.05) is 22.2 Å². The molecule has 0 radical (unpaired) electrons. The van der Waals surface area contributed by atoms with Gasteiger partial charge < -0.3 is 9.30 Å². The van der Waals surface area contributed by atoms with Gasteiger partial charge in [-0.2, -0.15) is 0 Å². The Bertz CT molecular complexity index is 765. The number of hydrogen-bond donors (Lipinski definition) is 0.